The standard InChI is InChI=1S/C15H23N3O/c1-12(2)16-15(19)18-10-8-17(9-11-18)14-7-5-4-6-13(14)3/h4-7,12H,8-11H2,1-3H3,(H,16,19). The summed E-state index contributed by atoms with van der Waals surface area (Å²) < 4.78 is 0. The summed E-state index contributed by atoms with van der Waals surface area (Å²) in [4.78, 5) is 16.2. The predicted octanol–water partition coefficient (Wildman–Crippen LogP) is 2.24. The first-order valence-electron chi connectivity index (χ1n) is 6.94. The van der Waals surface area contributed by atoms with Gasteiger partial charge in [0.1, 0.15) is 0 Å². The summed E-state index contributed by atoms with van der Waals surface area (Å²) >= 11 is 0. The maximum Gasteiger partial charge on any atom is 0.317 e. The highest BCUT2D eigenvalue weighted by Gasteiger charge is 2.21. The summed E-state index contributed by atoms with van der Waals surface area (Å²) in [5.74, 6) is 0. The molecule has 19 heavy (non-hydrogen) atoms. The van der Waals surface area contributed by atoms with E-state index in [4.69, 9.17) is 0 Å². The number of hydrogen-bond donors (Lipinski definition) is 1. The van der Waals surface area contributed by atoms with E-state index in [9.17, 15) is 4.79 Å². The highest BCUT2D eigenvalue weighted by atomic mass is 16.2. The van der Waals surface area contributed by atoms with Gasteiger partial charge in [-0.05, 0) is 32.4 Å². The van der Waals surface area contributed by atoms with E-state index in [1.165, 1.54) is 11.3 Å². The fourth-order valence-electron chi connectivity index (χ4n) is 2.41. The van der Waals surface area contributed by atoms with Crippen molar-refractivity contribution in [1.82, 2.24) is 10.2 Å². The zero-order valence-electron chi connectivity index (χ0n) is 12.0. The van der Waals surface area contributed by atoms with Crippen molar-refractivity contribution < 1.29 is 4.79 Å². The highest BCUT2D eigenvalue weighted by molar-refractivity contribution is 5.74. The van der Waals surface area contributed by atoms with Crippen LogP contribution in [0.1, 0.15) is 19.4 Å². The lowest BCUT2D eigenvalue weighted by molar-refractivity contribution is 0.192. The van der Waals surface area contributed by atoms with E-state index < -0.39 is 0 Å². The third-order valence-corrected chi connectivity index (χ3v) is 3.44. The van der Waals surface area contributed by atoms with Crippen LogP contribution in [0.25, 0.3) is 0 Å². The van der Waals surface area contributed by atoms with Crippen molar-refractivity contribution in [1.29, 1.82) is 0 Å². The number of piperazine rings is 1. The molecule has 0 saturated carbocycles. The van der Waals surface area contributed by atoms with Gasteiger partial charge in [0.25, 0.3) is 0 Å². The Labute approximate surface area is 115 Å². The van der Waals surface area contributed by atoms with E-state index in [-0.39, 0.29) is 12.1 Å². The number of rotatable bonds is 2. The maximum atomic E-state index is 11.9. The molecular formula is C15H23N3O. The molecule has 0 spiro atoms. The summed E-state index contributed by atoms with van der Waals surface area (Å²) in [7, 11) is 0. The number of aryl methyl sites for hydroxylation is 1. The quantitative estimate of drug-likeness (QED) is 0.886. The monoisotopic (exact) mass is 261 g/mol. The molecule has 1 aromatic rings. The summed E-state index contributed by atoms with van der Waals surface area (Å²) in [6, 6.07) is 8.67. The third kappa shape index (κ3) is 3.40. The van der Waals surface area contributed by atoms with E-state index in [1.54, 1.807) is 0 Å². The summed E-state index contributed by atoms with van der Waals surface area (Å²) in [6.07, 6.45) is 0. The van der Waals surface area contributed by atoms with Gasteiger partial charge in [-0.2, -0.15) is 0 Å². The van der Waals surface area contributed by atoms with Crippen molar-refractivity contribution in [2.45, 2.75) is 26.8 Å². The average Bonchev–Trinajstić information content (AvgIpc) is 2.39. The molecule has 0 aromatic heterocycles. The smallest absolute Gasteiger partial charge is 0.317 e. The molecule has 2 rings (SSSR count). The number of nitrogens with one attached hydrogen (secondary N) is 1. The minimum Gasteiger partial charge on any atom is -0.368 e. The summed E-state index contributed by atoms with van der Waals surface area (Å²) in [5, 5.41) is 2.95. The van der Waals surface area contributed by atoms with Gasteiger partial charge < -0.3 is 15.1 Å². The number of urea groups is 1. The van der Waals surface area contributed by atoms with Gasteiger partial charge in [0, 0.05) is 37.9 Å². The fraction of sp³-hybridized carbons (Fsp3) is 0.533. The van der Waals surface area contributed by atoms with Gasteiger partial charge in [0.2, 0.25) is 0 Å². The zero-order chi connectivity index (χ0) is 13.8. The van der Waals surface area contributed by atoms with Crippen LogP contribution in [0.4, 0.5) is 10.5 Å². The molecule has 1 saturated heterocycles. The first-order chi connectivity index (χ1) is 9.08. The van der Waals surface area contributed by atoms with E-state index in [0.29, 0.717) is 0 Å². The molecule has 1 aromatic carbocycles. The van der Waals surface area contributed by atoms with Crippen molar-refractivity contribution in [2.24, 2.45) is 0 Å². The first kappa shape index (κ1) is 13.7. The van der Waals surface area contributed by atoms with Gasteiger partial charge in [-0.25, -0.2) is 4.79 Å². The number of para-hydroxylation sites is 1. The molecule has 1 fully saturated rings. The molecular weight excluding hydrogens is 238 g/mol. The lowest BCUT2D eigenvalue weighted by Crippen LogP contribution is -2.53. The second-order valence-corrected chi connectivity index (χ2v) is 5.36. The van der Waals surface area contributed by atoms with E-state index in [0.717, 1.165) is 26.2 Å². The molecule has 0 aliphatic carbocycles. The van der Waals surface area contributed by atoms with Crippen LogP contribution in [0, 0.1) is 6.92 Å². The first-order valence-corrected chi connectivity index (χ1v) is 6.94. The molecule has 0 atom stereocenters. The second-order valence-electron chi connectivity index (χ2n) is 5.36. The molecule has 1 aliphatic rings. The molecule has 0 unspecified atom stereocenters. The molecule has 4 heteroatoms. The highest BCUT2D eigenvalue weighted by Crippen LogP contribution is 2.20. The Bertz CT molecular complexity index is 437. The lowest BCUT2D eigenvalue weighted by Gasteiger charge is -2.37. The molecule has 2 amide bonds. The van der Waals surface area contributed by atoms with Crippen molar-refractivity contribution in [3.8, 4) is 0 Å². The van der Waals surface area contributed by atoms with Crippen LogP contribution in [-0.2, 0) is 0 Å². The van der Waals surface area contributed by atoms with Crippen molar-refractivity contribution in [3.05, 3.63) is 29.8 Å². The van der Waals surface area contributed by atoms with E-state index in [1.807, 2.05) is 18.7 Å². The van der Waals surface area contributed by atoms with Crippen molar-refractivity contribution in [2.75, 3.05) is 31.1 Å². The lowest BCUT2D eigenvalue weighted by atomic mass is 10.1. The van der Waals surface area contributed by atoms with Gasteiger partial charge in [0.05, 0.1) is 0 Å². The van der Waals surface area contributed by atoms with Gasteiger partial charge in [-0.1, -0.05) is 18.2 Å². The van der Waals surface area contributed by atoms with Crippen LogP contribution in [0.15, 0.2) is 24.3 Å². The number of carbonyl (C=O) groups is 1. The minimum atomic E-state index is 0.0550. The van der Waals surface area contributed by atoms with Crippen molar-refractivity contribution in [3.63, 3.8) is 0 Å². The van der Waals surface area contributed by atoms with E-state index in [2.05, 4.69) is 41.4 Å². The number of anilines is 1. The predicted molar refractivity (Wildman–Crippen MR) is 78.6 cm³/mol. The molecule has 1 heterocycles. The number of hydrogen-bond acceptors (Lipinski definition) is 2. The Balaban J connectivity index is 1.93. The Kier molecular flexibility index (Phi) is 4.30. The van der Waals surface area contributed by atoms with Crippen LogP contribution in [-0.4, -0.2) is 43.2 Å². The second kappa shape index (κ2) is 5.95. The molecule has 0 bridgehead atoms. The van der Waals surface area contributed by atoms with Crippen molar-refractivity contribution >= 4 is 11.7 Å². The Morgan fingerprint density at radius 3 is 2.37 bits per heavy atom. The van der Waals surface area contributed by atoms with Gasteiger partial charge in [-0.15, -0.1) is 0 Å². The number of amides is 2. The van der Waals surface area contributed by atoms with Gasteiger partial charge in [-0.3, -0.25) is 0 Å². The van der Waals surface area contributed by atoms with Crippen LogP contribution >= 0.6 is 0 Å². The summed E-state index contributed by atoms with van der Waals surface area (Å²) in [5.41, 5.74) is 2.58. The SMILES string of the molecule is Cc1ccccc1N1CCN(C(=O)NC(C)C)CC1. The number of carbonyl (C=O) groups excluding carboxylic acids is 1. The molecule has 1 N–H and O–H groups in total. The van der Waals surface area contributed by atoms with Gasteiger partial charge >= 0.3 is 6.03 Å². The Morgan fingerprint density at radius 2 is 1.79 bits per heavy atom. The van der Waals surface area contributed by atoms with Crippen LogP contribution < -0.4 is 10.2 Å². The Hall–Kier alpha value is -1.71. The molecule has 4 nitrogen and oxygen atoms in total. The minimum absolute atomic E-state index is 0.0550. The van der Waals surface area contributed by atoms with Crippen LogP contribution in [0.5, 0.6) is 0 Å². The fourth-order valence-corrected chi connectivity index (χ4v) is 2.41. The third-order valence-electron chi connectivity index (χ3n) is 3.44. The van der Waals surface area contributed by atoms with Gasteiger partial charge in [0.15, 0.2) is 0 Å². The Morgan fingerprint density at radius 1 is 1.16 bits per heavy atom. The normalized spacial score (nSPS) is 15.8. The van der Waals surface area contributed by atoms with E-state index >= 15 is 0 Å². The maximum absolute atomic E-state index is 11.9. The number of benzene rings is 1. The number of nitrogens with zero attached hydrogens (tertiary/aromatic N) is 2. The topological polar surface area (TPSA) is 35.6 Å². The largest absolute Gasteiger partial charge is 0.368 e. The zero-order valence-corrected chi connectivity index (χ0v) is 12.0. The van der Waals surface area contributed by atoms with Crippen LogP contribution in [0.3, 0.4) is 0 Å². The average molecular weight is 261 g/mol. The molecule has 0 radical (unpaired) electrons. The summed E-state index contributed by atoms with van der Waals surface area (Å²) in [6.45, 7) is 9.47. The van der Waals surface area contributed by atoms with Crippen LogP contribution in [0.2, 0.25) is 0 Å². The molecule has 1 aliphatic heterocycles. The molecule has 104 valence electrons.